The van der Waals surface area contributed by atoms with Gasteiger partial charge in [0.15, 0.2) is 0 Å². The van der Waals surface area contributed by atoms with Gasteiger partial charge in [-0.15, -0.1) is 6.07 Å². The van der Waals surface area contributed by atoms with E-state index in [1.165, 1.54) is 69.8 Å². The molecule has 2 fully saturated rings. The number of hydrogen-bond donors (Lipinski definition) is 0. The second-order valence-corrected chi connectivity index (χ2v) is 6.73. The van der Waals surface area contributed by atoms with Crippen LogP contribution in [0.25, 0.3) is 0 Å². The molecule has 0 aromatic heterocycles. The molecule has 0 aliphatic heterocycles. The first-order chi connectivity index (χ1) is 11.9. The third-order valence-electron chi connectivity index (χ3n) is 4.85. The number of halogens is 1. The Morgan fingerprint density at radius 1 is 0.917 bits per heavy atom. The molecule has 0 unspecified atom stereocenters. The molecule has 134 valence electrons. The molecule has 2 aliphatic rings. The minimum absolute atomic E-state index is 0.494. The van der Waals surface area contributed by atoms with Crippen molar-refractivity contribution in [3.63, 3.8) is 0 Å². The Labute approximate surface area is 162 Å². The molecule has 0 atom stereocenters. The van der Waals surface area contributed by atoms with Crippen LogP contribution in [-0.2, 0) is 18.8 Å². The van der Waals surface area contributed by atoms with Crippen molar-refractivity contribution in [3.05, 3.63) is 35.4 Å². The van der Waals surface area contributed by atoms with E-state index < -0.39 is 0 Å². The van der Waals surface area contributed by atoms with Crippen molar-refractivity contribution in [3.8, 4) is 0 Å². The first kappa shape index (κ1) is 19.9. The second-order valence-electron chi connectivity index (χ2n) is 6.73. The van der Waals surface area contributed by atoms with Crippen LogP contribution in [-0.4, -0.2) is 24.5 Å². The van der Waals surface area contributed by atoms with Crippen LogP contribution in [0.4, 0.5) is 0 Å². The molecule has 4 heteroatoms. The van der Waals surface area contributed by atoms with Crippen LogP contribution in [0.2, 0.25) is 0 Å². The van der Waals surface area contributed by atoms with Gasteiger partial charge < -0.3 is 4.99 Å². The van der Waals surface area contributed by atoms with Gasteiger partial charge in [0.2, 0.25) is 0 Å². The Kier molecular flexibility index (Phi) is 9.91. The van der Waals surface area contributed by atoms with Crippen LogP contribution in [0.3, 0.4) is 0 Å². The molecular formula is C20H27ClN2Pt. The molecule has 1 aromatic carbocycles. The Morgan fingerprint density at radius 2 is 1.54 bits per heavy atom. The predicted molar refractivity (Wildman–Crippen MR) is 100 cm³/mol. The summed E-state index contributed by atoms with van der Waals surface area (Å²) in [6.45, 7) is 0. The van der Waals surface area contributed by atoms with Crippen LogP contribution in [0, 0.1) is 0 Å². The number of aliphatic imine (C=N–C) groups is 2. The van der Waals surface area contributed by atoms with Crippen molar-refractivity contribution < 1.29 is 18.8 Å². The second kappa shape index (κ2) is 12.0. The SMILES string of the molecule is [C-](=NC1CCCCC1)c1cccc(C=NC2CCCCC2)c1.[Cl][Pt+]. The van der Waals surface area contributed by atoms with Gasteiger partial charge in [-0.25, -0.2) is 0 Å². The van der Waals surface area contributed by atoms with E-state index in [9.17, 15) is 0 Å². The standard InChI is InChI=1S/C20H27N2.ClH.Pt/c1-3-10-19(11-4-1)21-15-17-8-7-9-18(14-17)16-22-20-12-5-2-6-13-20;;/h7-9,14-15,19-20H,1-6,10-13H2;1H;/q-1;;+2/p-1. The fourth-order valence-electron chi connectivity index (χ4n) is 3.49. The van der Waals surface area contributed by atoms with E-state index >= 15 is 0 Å². The summed E-state index contributed by atoms with van der Waals surface area (Å²) < 4.78 is 0. The Bertz CT molecular complexity index is 475. The molecule has 0 saturated heterocycles. The summed E-state index contributed by atoms with van der Waals surface area (Å²) in [5.41, 5.74) is 2.26. The molecule has 3 rings (SSSR count). The molecule has 2 aliphatic carbocycles. The summed E-state index contributed by atoms with van der Waals surface area (Å²) in [5.74, 6) is 0. The fourth-order valence-corrected chi connectivity index (χ4v) is 3.49. The maximum atomic E-state index is 4.76. The van der Waals surface area contributed by atoms with Gasteiger partial charge in [-0.2, -0.15) is 17.7 Å². The minimum atomic E-state index is 0.494. The zero-order chi connectivity index (χ0) is 17.0. The van der Waals surface area contributed by atoms with Crippen molar-refractivity contribution >= 4 is 21.8 Å². The van der Waals surface area contributed by atoms with E-state index in [0.717, 1.165) is 5.56 Å². The molecule has 0 bridgehead atoms. The third kappa shape index (κ3) is 7.19. The number of rotatable bonds is 4. The number of hydrogen-bond acceptors (Lipinski definition) is 2. The van der Waals surface area contributed by atoms with Crippen LogP contribution < -0.4 is 0 Å². The summed E-state index contributed by atoms with van der Waals surface area (Å²) in [5, 5.41) is 0. The molecule has 0 spiro atoms. The van der Waals surface area contributed by atoms with Gasteiger partial charge >= 0.3 is 28.2 Å². The van der Waals surface area contributed by atoms with Crippen LogP contribution in [0.1, 0.15) is 75.3 Å². The Hall–Kier alpha value is -0.462. The van der Waals surface area contributed by atoms with Gasteiger partial charge in [0.1, 0.15) is 0 Å². The summed E-state index contributed by atoms with van der Waals surface area (Å²) in [7, 11) is 4.61. The van der Waals surface area contributed by atoms with E-state index in [-0.39, 0.29) is 0 Å². The normalized spacial score (nSPS) is 20.3. The van der Waals surface area contributed by atoms with Crippen molar-refractivity contribution in [1.82, 2.24) is 0 Å². The summed E-state index contributed by atoms with van der Waals surface area (Å²) in [6.07, 6.45) is 18.4. The zero-order valence-electron chi connectivity index (χ0n) is 14.2. The van der Waals surface area contributed by atoms with Crippen LogP contribution >= 0.6 is 9.42 Å². The molecule has 0 radical (unpaired) electrons. The van der Waals surface area contributed by atoms with Gasteiger partial charge in [0, 0.05) is 18.3 Å². The van der Waals surface area contributed by atoms with E-state index in [0.29, 0.717) is 12.1 Å². The molecule has 0 amide bonds. The molecule has 24 heavy (non-hydrogen) atoms. The third-order valence-corrected chi connectivity index (χ3v) is 4.85. The van der Waals surface area contributed by atoms with Gasteiger partial charge in [-0.1, -0.05) is 56.4 Å². The average molecular weight is 526 g/mol. The Balaban J connectivity index is 0.00000100. The molecule has 1 aromatic rings. The van der Waals surface area contributed by atoms with Gasteiger partial charge in [0.05, 0.1) is 0 Å². The van der Waals surface area contributed by atoms with E-state index in [1.54, 1.807) is 18.8 Å². The topological polar surface area (TPSA) is 24.7 Å². The zero-order valence-corrected chi connectivity index (χ0v) is 17.2. The molecular weight excluding hydrogens is 499 g/mol. The van der Waals surface area contributed by atoms with E-state index in [2.05, 4.69) is 44.9 Å². The van der Waals surface area contributed by atoms with Crippen molar-refractivity contribution in [2.75, 3.05) is 0 Å². The summed E-state index contributed by atoms with van der Waals surface area (Å²) in [4.78, 5) is 9.41. The van der Waals surface area contributed by atoms with E-state index in [1.807, 2.05) is 6.21 Å². The van der Waals surface area contributed by atoms with Gasteiger partial charge in [-0.05, 0) is 25.7 Å². The maximum absolute atomic E-state index is 4.76. The quantitative estimate of drug-likeness (QED) is 0.353. The molecule has 0 heterocycles. The number of benzene rings is 1. The first-order valence-corrected chi connectivity index (χ1v) is 11.9. The van der Waals surface area contributed by atoms with Gasteiger partial charge in [0.25, 0.3) is 0 Å². The Morgan fingerprint density at radius 3 is 2.21 bits per heavy atom. The molecule has 2 nitrogen and oxygen atoms in total. The average Bonchev–Trinajstić information content (AvgIpc) is 2.68. The van der Waals surface area contributed by atoms with Crippen LogP contribution in [0.5, 0.6) is 0 Å². The van der Waals surface area contributed by atoms with Crippen molar-refractivity contribution in [1.29, 1.82) is 0 Å². The summed E-state index contributed by atoms with van der Waals surface area (Å²) >= 11 is 1.61. The van der Waals surface area contributed by atoms with Crippen LogP contribution in [0.15, 0.2) is 34.3 Å². The summed E-state index contributed by atoms with van der Waals surface area (Å²) in [6, 6.07) is 9.48. The van der Waals surface area contributed by atoms with Crippen molar-refractivity contribution in [2.24, 2.45) is 9.98 Å². The van der Waals surface area contributed by atoms with E-state index in [4.69, 9.17) is 4.99 Å². The first-order valence-electron chi connectivity index (χ1n) is 9.11. The molecule has 2 saturated carbocycles. The van der Waals surface area contributed by atoms with Gasteiger partial charge in [-0.3, -0.25) is 4.99 Å². The fraction of sp³-hybridized carbons (Fsp3) is 0.600. The van der Waals surface area contributed by atoms with Crippen molar-refractivity contribution in [2.45, 2.75) is 76.3 Å². The number of nitrogens with zero attached hydrogens (tertiary/aromatic N) is 2. The monoisotopic (exact) mass is 525 g/mol. The predicted octanol–water partition coefficient (Wildman–Crippen LogP) is 5.75. The molecule has 0 N–H and O–H groups in total.